The standard InChI is InChI=1S/C16H19N3O2S2/c1-18(2)16(22)23-14(10-19-9-8-17-11-19)15(20)12-4-6-13(21-3)7-5-12/h4-9,11,14H,10H2,1-3H3. The van der Waals surface area contributed by atoms with Gasteiger partial charge in [-0.25, -0.2) is 4.98 Å². The summed E-state index contributed by atoms with van der Waals surface area (Å²) in [6, 6.07) is 7.13. The Morgan fingerprint density at radius 3 is 2.61 bits per heavy atom. The van der Waals surface area contributed by atoms with Crippen LogP contribution in [-0.2, 0) is 6.54 Å². The first-order valence-electron chi connectivity index (χ1n) is 7.03. The summed E-state index contributed by atoms with van der Waals surface area (Å²) in [5.41, 5.74) is 0.643. The van der Waals surface area contributed by atoms with Crippen molar-refractivity contribution >= 4 is 34.1 Å². The molecule has 0 aliphatic heterocycles. The van der Waals surface area contributed by atoms with Crippen molar-refractivity contribution in [3.05, 3.63) is 48.5 Å². The molecule has 0 spiro atoms. The lowest BCUT2D eigenvalue weighted by Gasteiger charge is -2.20. The van der Waals surface area contributed by atoms with Crippen molar-refractivity contribution in [1.82, 2.24) is 14.5 Å². The number of nitrogens with zero attached hydrogens (tertiary/aromatic N) is 3. The summed E-state index contributed by atoms with van der Waals surface area (Å²) in [7, 11) is 5.35. The monoisotopic (exact) mass is 349 g/mol. The number of benzene rings is 1. The van der Waals surface area contributed by atoms with Gasteiger partial charge in [-0.15, -0.1) is 0 Å². The van der Waals surface area contributed by atoms with Crippen LogP contribution >= 0.6 is 24.0 Å². The van der Waals surface area contributed by atoms with E-state index >= 15 is 0 Å². The van der Waals surface area contributed by atoms with Gasteiger partial charge in [0.05, 0.1) is 18.7 Å². The quantitative estimate of drug-likeness (QED) is 0.590. The van der Waals surface area contributed by atoms with E-state index in [4.69, 9.17) is 17.0 Å². The molecule has 23 heavy (non-hydrogen) atoms. The van der Waals surface area contributed by atoms with Crippen LogP contribution in [0, 0.1) is 0 Å². The molecule has 0 N–H and O–H groups in total. The third kappa shape index (κ3) is 4.80. The van der Waals surface area contributed by atoms with Gasteiger partial charge in [0.1, 0.15) is 10.1 Å². The molecule has 2 rings (SSSR count). The van der Waals surface area contributed by atoms with Gasteiger partial charge in [-0.05, 0) is 24.3 Å². The number of Topliss-reactive ketones (excluding diaryl/α,β-unsaturated/α-hetero) is 1. The van der Waals surface area contributed by atoms with E-state index < -0.39 is 0 Å². The van der Waals surface area contributed by atoms with Gasteiger partial charge in [0.15, 0.2) is 5.78 Å². The van der Waals surface area contributed by atoms with Crippen LogP contribution in [0.15, 0.2) is 43.0 Å². The normalized spacial score (nSPS) is 11.8. The highest BCUT2D eigenvalue weighted by atomic mass is 32.2. The van der Waals surface area contributed by atoms with Crippen molar-refractivity contribution < 1.29 is 9.53 Å². The highest BCUT2D eigenvalue weighted by molar-refractivity contribution is 8.23. The maximum absolute atomic E-state index is 12.9. The molecule has 5 nitrogen and oxygen atoms in total. The van der Waals surface area contributed by atoms with Crippen LogP contribution in [0.4, 0.5) is 0 Å². The van der Waals surface area contributed by atoms with Crippen molar-refractivity contribution in [3.8, 4) is 5.75 Å². The third-order valence-electron chi connectivity index (χ3n) is 3.21. The molecule has 0 radical (unpaired) electrons. The van der Waals surface area contributed by atoms with Gasteiger partial charge in [-0.3, -0.25) is 4.79 Å². The molecule has 0 aliphatic carbocycles. The van der Waals surface area contributed by atoms with Crippen molar-refractivity contribution in [2.75, 3.05) is 21.2 Å². The molecule has 0 saturated heterocycles. The zero-order valence-electron chi connectivity index (χ0n) is 13.3. The van der Waals surface area contributed by atoms with E-state index in [1.54, 1.807) is 43.9 Å². The van der Waals surface area contributed by atoms with Crippen LogP contribution in [0.1, 0.15) is 10.4 Å². The minimum absolute atomic E-state index is 0.0375. The molecule has 1 aromatic carbocycles. The number of aromatic nitrogens is 2. The number of rotatable bonds is 6. The minimum Gasteiger partial charge on any atom is -0.497 e. The van der Waals surface area contributed by atoms with Gasteiger partial charge in [0, 0.05) is 38.6 Å². The maximum atomic E-state index is 12.9. The predicted molar refractivity (Wildman–Crippen MR) is 97.2 cm³/mol. The fourth-order valence-corrected chi connectivity index (χ4v) is 3.22. The van der Waals surface area contributed by atoms with Crippen LogP contribution in [-0.4, -0.2) is 51.0 Å². The second-order valence-corrected chi connectivity index (χ2v) is 6.96. The van der Waals surface area contributed by atoms with Gasteiger partial charge in [0.25, 0.3) is 0 Å². The van der Waals surface area contributed by atoms with Crippen LogP contribution in [0.25, 0.3) is 0 Å². The summed E-state index contributed by atoms with van der Waals surface area (Å²) in [5, 5.41) is -0.313. The fraction of sp³-hybridized carbons (Fsp3) is 0.312. The van der Waals surface area contributed by atoms with Crippen molar-refractivity contribution in [1.29, 1.82) is 0 Å². The molecule has 1 atom stereocenters. The smallest absolute Gasteiger partial charge is 0.178 e. The third-order valence-corrected chi connectivity index (χ3v) is 5.08. The van der Waals surface area contributed by atoms with E-state index in [0.717, 1.165) is 5.75 Å². The number of ketones is 1. The Labute approximate surface area is 145 Å². The Kier molecular flexibility index (Phi) is 6.18. The van der Waals surface area contributed by atoms with Gasteiger partial charge < -0.3 is 14.2 Å². The van der Waals surface area contributed by atoms with Crippen molar-refractivity contribution in [3.63, 3.8) is 0 Å². The summed E-state index contributed by atoms with van der Waals surface area (Å²) in [5.74, 6) is 0.764. The molecule has 0 aliphatic rings. The van der Waals surface area contributed by atoms with Crippen molar-refractivity contribution in [2.45, 2.75) is 11.8 Å². The van der Waals surface area contributed by atoms with Crippen LogP contribution in [0.2, 0.25) is 0 Å². The molecule has 0 amide bonds. The first-order chi connectivity index (χ1) is 11.0. The predicted octanol–water partition coefficient (Wildman–Crippen LogP) is 2.72. The molecule has 2 aromatic rings. The van der Waals surface area contributed by atoms with Gasteiger partial charge in [-0.2, -0.15) is 0 Å². The number of carbonyl (C=O) groups excluding carboxylic acids is 1. The fourth-order valence-electron chi connectivity index (χ4n) is 1.93. The molecule has 0 fully saturated rings. The Hall–Kier alpha value is -1.86. The summed E-state index contributed by atoms with van der Waals surface area (Å²) >= 11 is 6.74. The summed E-state index contributed by atoms with van der Waals surface area (Å²) in [6.07, 6.45) is 5.24. The number of thiocarbonyl (C=S) groups is 1. The van der Waals surface area contributed by atoms with Crippen LogP contribution in [0.5, 0.6) is 5.75 Å². The molecular weight excluding hydrogens is 330 g/mol. The maximum Gasteiger partial charge on any atom is 0.178 e. The van der Waals surface area contributed by atoms with E-state index in [0.29, 0.717) is 16.4 Å². The van der Waals surface area contributed by atoms with E-state index in [1.165, 1.54) is 11.8 Å². The molecule has 1 unspecified atom stereocenters. The Morgan fingerprint density at radius 1 is 1.39 bits per heavy atom. The number of hydrogen-bond donors (Lipinski definition) is 0. The van der Waals surface area contributed by atoms with Gasteiger partial charge in [0.2, 0.25) is 0 Å². The van der Waals surface area contributed by atoms with E-state index in [1.807, 2.05) is 29.8 Å². The zero-order valence-corrected chi connectivity index (χ0v) is 14.9. The molecule has 1 aromatic heterocycles. The number of methoxy groups -OCH3 is 1. The molecule has 1 heterocycles. The summed E-state index contributed by atoms with van der Waals surface area (Å²) < 4.78 is 7.70. The first-order valence-corrected chi connectivity index (χ1v) is 8.32. The molecule has 122 valence electrons. The molecular formula is C16H19N3O2S2. The zero-order chi connectivity index (χ0) is 16.8. The number of ether oxygens (including phenoxy) is 1. The second-order valence-electron chi connectivity index (χ2n) is 5.12. The highest BCUT2D eigenvalue weighted by Crippen LogP contribution is 2.22. The van der Waals surface area contributed by atoms with Crippen molar-refractivity contribution in [2.24, 2.45) is 0 Å². The van der Waals surface area contributed by atoms with Gasteiger partial charge >= 0.3 is 0 Å². The largest absolute Gasteiger partial charge is 0.497 e. The summed E-state index contributed by atoms with van der Waals surface area (Å²) in [6.45, 7) is 0.517. The highest BCUT2D eigenvalue weighted by Gasteiger charge is 2.23. The molecule has 0 bridgehead atoms. The summed E-state index contributed by atoms with van der Waals surface area (Å²) in [4.78, 5) is 18.7. The number of hydrogen-bond acceptors (Lipinski definition) is 5. The van der Waals surface area contributed by atoms with Crippen LogP contribution in [0.3, 0.4) is 0 Å². The lowest BCUT2D eigenvalue weighted by Crippen LogP contribution is -2.28. The van der Waals surface area contributed by atoms with E-state index in [9.17, 15) is 4.79 Å². The van der Waals surface area contributed by atoms with Gasteiger partial charge in [-0.1, -0.05) is 24.0 Å². The Bertz CT molecular complexity index is 654. The molecule has 7 heteroatoms. The average Bonchev–Trinajstić information content (AvgIpc) is 3.06. The van der Waals surface area contributed by atoms with Crippen LogP contribution < -0.4 is 4.74 Å². The Balaban J connectivity index is 2.19. The average molecular weight is 349 g/mol. The number of imidazole rings is 1. The lowest BCUT2D eigenvalue weighted by molar-refractivity contribution is 0.0984. The molecule has 0 saturated carbocycles. The van der Waals surface area contributed by atoms with E-state index in [2.05, 4.69) is 4.98 Å². The SMILES string of the molecule is COc1ccc(C(=O)C(Cn2ccnc2)SC(=S)N(C)C)cc1. The topological polar surface area (TPSA) is 47.4 Å². The number of carbonyl (C=O) groups is 1. The first kappa shape index (κ1) is 17.5. The lowest BCUT2D eigenvalue weighted by atomic mass is 10.1. The minimum atomic E-state index is -0.313. The number of thioether (sulfide) groups is 1. The Morgan fingerprint density at radius 2 is 2.09 bits per heavy atom. The van der Waals surface area contributed by atoms with E-state index in [-0.39, 0.29) is 11.0 Å². The second kappa shape index (κ2) is 8.12.